The lowest BCUT2D eigenvalue weighted by Gasteiger charge is -2.14. The molecule has 0 aliphatic rings. The topological polar surface area (TPSA) is 118 Å². The highest BCUT2D eigenvalue weighted by Gasteiger charge is 2.15. The first kappa shape index (κ1) is 24.9. The second kappa shape index (κ2) is 11.9. The molecular weight excluding hydrogens is 448 g/mol. The number of ether oxygens (including phenoxy) is 3. The fourth-order valence-corrected chi connectivity index (χ4v) is 3.16. The molecule has 0 unspecified atom stereocenters. The number of nitrogens with zero attached hydrogens (tertiary/aromatic N) is 1. The standard InChI is InChI=1S/C27H24N2O6/c1-3-34-23-13-11-22(12-14-23)29-26(30)21(16-28)15-20-5-4-6-24(33-2)25(20)35-17-18-7-9-19(10-8-18)27(31)32/h4-15H,3,17H2,1-2H3,(H,29,30)(H,31,32)/b21-15-. The number of hydrogen-bond acceptors (Lipinski definition) is 6. The number of anilines is 1. The Labute approximate surface area is 203 Å². The number of nitriles is 1. The number of carboxylic acid groups (broad SMARTS) is 1. The zero-order chi connectivity index (χ0) is 25.2. The van der Waals surface area contributed by atoms with Gasteiger partial charge in [0.2, 0.25) is 0 Å². The van der Waals surface area contributed by atoms with Crippen LogP contribution in [0.5, 0.6) is 17.2 Å². The first-order valence-electron chi connectivity index (χ1n) is 10.7. The third kappa shape index (κ3) is 6.62. The summed E-state index contributed by atoms with van der Waals surface area (Å²) in [5, 5.41) is 21.4. The van der Waals surface area contributed by atoms with Gasteiger partial charge in [-0.3, -0.25) is 4.79 Å². The van der Waals surface area contributed by atoms with Gasteiger partial charge in [-0.2, -0.15) is 5.26 Å². The molecule has 0 fully saturated rings. The van der Waals surface area contributed by atoms with Gasteiger partial charge in [-0.25, -0.2) is 4.79 Å². The fraction of sp³-hybridized carbons (Fsp3) is 0.148. The van der Waals surface area contributed by atoms with Crippen LogP contribution in [0.4, 0.5) is 5.69 Å². The minimum absolute atomic E-state index is 0.122. The van der Waals surface area contributed by atoms with E-state index in [9.17, 15) is 14.9 Å². The highest BCUT2D eigenvalue weighted by atomic mass is 16.5. The molecule has 0 atom stereocenters. The van der Waals surface area contributed by atoms with Gasteiger partial charge in [-0.05, 0) is 61.0 Å². The van der Waals surface area contributed by atoms with Gasteiger partial charge in [0.25, 0.3) is 5.91 Å². The van der Waals surface area contributed by atoms with E-state index in [-0.39, 0.29) is 17.7 Å². The maximum absolute atomic E-state index is 12.7. The van der Waals surface area contributed by atoms with E-state index in [0.717, 1.165) is 5.56 Å². The quantitative estimate of drug-likeness (QED) is 0.318. The molecule has 0 saturated carbocycles. The maximum atomic E-state index is 12.7. The van der Waals surface area contributed by atoms with Gasteiger partial charge in [0.15, 0.2) is 11.5 Å². The zero-order valence-corrected chi connectivity index (χ0v) is 19.3. The van der Waals surface area contributed by atoms with E-state index in [1.54, 1.807) is 54.6 Å². The van der Waals surface area contributed by atoms with Crippen LogP contribution in [0.3, 0.4) is 0 Å². The van der Waals surface area contributed by atoms with Gasteiger partial charge in [0.1, 0.15) is 24.0 Å². The highest BCUT2D eigenvalue weighted by molar-refractivity contribution is 6.09. The number of rotatable bonds is 10. The monoisotopic (exact) mass is 472 g/mol. The van der Waals surface area contributed by atoms with Crippen LogP contribution in [0.15, 0.2) is 72.3 Å². The van der Waals surface area contributed by atoms with Crippen molar-refractivity contribution in [3.63, 3.8) is 0 Å². The Bertz CT molecular complexity index is 1260. The molecule has 8 nitrogen and oxygen atoms in total. The summed E-state index contributed by atoms with van der Waals surface area (Å²) in [6, 6.07) is 20.2. The first-order chi connectivity index (χ1) is 16.9. The molecule has 0 spiro atoms. The number of aromatic carboxylic acids is 1. The largest absolute Gasteiger partial charge is 0.494 e. The average molecular weight is 472 g/mol. The molecular formula is C27H24N2O6. The Hall–Kier alpha value is -4.77. The Kier molecular flexibility index (Phi) is 8.46. The maximum Gasteiger partial charge on any atom is 0.335 e. The minimum atomic E-state index is -1.01. The Morgan fingerprint density at radius 3 is 2.34 bits per heavy atom. The smallest absolute Gasteiger partial charge is 0.335 e. The Morgan fingerprint density at radius 1 is 1.03 bits per heavy atom. The predicted octanol–water partition coefficient (Wildman–Crippen LogP) is 4.92. The lowest BCUT2D eigenvalue weighted by molar-refractivity contribution is -0.112. The number of nitrogens with one attached hydrogen (secondary N) is 1. The highest BCUT2D eigenvalue weighted by Crippen LogP contribution is 2.33. The van der Waals surface area contributed by atoms with E-state index in [4.69, 9.17) is 19.3 Å². The number of carbonyl (C=O) groups is 2. The van der Waals surface area contributed by atoms with Crippen LogP contribution in [0.2, 0.25) is 0 Å². The van der Waals surface area contributed by atoms with Gasteiger partial charge in [0, 0.05) is 11.3 Å². The molecule has 0 aromatic heterocycles. The lowest BCUT2D eigenvalue weighted by Crippen LogP contribution is -2.13. The van der Waals surface area contributed by atoms with Crippen molar-refractivity contribution in [2.45, 2.75) is 13.5 Å². The summed E-state index contributed by atoms with van der Waals surface area (Å²) in [5.74, 6) is -0.141. The summed E-state index contributed by atoms with van der Waals surface area (Å²) in [6.07, 6.45) is 1.43. The number of para-hydroxylation sites is 1. The first-order valence-corrected chi connectivity index (χ1v) is 10.7. The van der Waals surface area contributed by atoms with Crippen LogP contribution in [-0.2, 0) is 11.4 Å². The van der Waals surface area contributed by atoms with Crippen LogP contribution in [0, 0.1) is 11.3 Å². The molecule has 0 bridgehead atoms. The Balaban J connectivity index is 1.81. The number of benzene rings is 3. The molecule has 178 valence electrons. The van der Waals surface area contributed by atoms with Crippen molar-refractivity contribution in [1.29, 1.82) is 5.26 Å². The second-order valence-electron chi connectivity index (χ2n) is 7.25. The second-order valence-corrected chi connectivity index (χ2v) is 7.25. The normalized spacial score (nSPS) is 10.7. The molecule has 1 amide bonds. The average Bonchev–Trinajstić information content (AvgIpc) is 2.87. The third-order valence-corrected chi connectivity index (χ3v) is 4.90. The predicted molar refractivity (Wildman–Crippen MR) is 131 cm³/mol. The van der Waals surface area contributed by atoms with Crippen molar-refractivity contribution in [2.75, 3.05) is 19.0 Å². The van der Waals surface area contributed by atoms with Gasteiger partial charge < -0.3 is 24.6 Å². The van der Waals surface area contributed by atoms with Gasteiger partial charge >= 0.3 is 5.97 Å². The van der Waals surface area contributed by atoms with Crippen LogP contribution >= 0.6 is 0 Å². The molecule has 3 rings (SSSR count). The molecule has 35 heavy (non-hydrogen) atoms. The molecule has 0 aliphatic heterocycles. The van der Waals surface area contributed by atoms with Gasteiger partial charge in [-0.15, -0.1) is 0 Å². The van der Waals surface area contributed by atoms with Gasteiger partial charge in [-0.1, -0.05) is 24.3 Å². The van der Waals surface area contributed by atoms with Crippen molar-refractivity contribution in [3.8, 4) is 23.3 Å². The van der Waals surface area contributed by atoms with Crippen LogP contribution in [0.1, 0.15) is 28.4 Å². The summed E-state index contributed by atoms with van der Waals surface area (Å²) in [6.45, 7) is 2.54. The Morgan fingerprint density at radius 2 is 1.74 bits per heavy atom. The fourth-order valence-electron chi connectivity index (χ4n) is 3.16. The molecule has 3 aromatic rings. The van der Waals surface area contributed by atoms with E-state index in [1.807, 2.05) is 13.0 Å². The minimum Gasteiger partial charge on any atom is -0.494 e. The van der Waals surface area contributed by atoms with Gasteiger partial charge in [0.05, 0.1) is 19.3 Å². The number of hydrogen-bond donors (Lipinski definition) is 2. The summed E-state index contributed by atoms with van der Waals surface area (Å²) in [7, 11) is 1.49. The number of amides is 1. The molecule has 0 heterocycles. The van der Waals surface area contributed by atoms with E-state index in [0.29, 0.717) is 35.1 Å². The van der Waals surface area contributed by atoms with Crippen molar-refractivity contribution < 1.29 is 28.9 Å². The van der Waals surface area contributed by atoms with E-state index in [2.05, 4.69) is 5.32 Å². The van der Waals surface area contributed by atoms with E-state index in [1.165, 1.54) is 25.3 Å². The molecule has 0 saturated heterocycles. The van der Waals surface area contributed by atoms with Crippen molar-refractivity contribution in [2.24, 2.45) is 0 Å². The summed E-state index contributed by atoms with van der Waals surface area (Å²) >= 11 is 0. The summed E-state index contributed by atoms with van der Waals surface area (Å²) in [4.78, 5) is 23.8. The molecule has 8 heteroatoms. The van der Waals surface area contributed by atoms with Crippen molar-refractivity contribution in [3.05, 3.63) is 89.0 Å². The summed E-state index contributed by atoms with van der Waals surface area (Å²) < 4.78 is 16.7. The van der Waals surface area contributed by atoms with E-state index < -0.39 is 11.9 Å². The van der Waals surface area contributed by atoms with Crippen LogP contribution < -0.4 is 19.5 Å². The molecule has 2 N–H and O–H groups in total. The molecule has 0 aliphatic carbocycles. The van der Waals surface area contributed by atoms with E-state index >= 15 is 0 Å². The lowest BCUT2D eigenvalue weighted by atomic mass is 10.1. The third-order valence-electron chi connectivity index (χ3n) is 4.90. The SMILES string of the molecule is CCOc1ccc(NC(=O)/C(C#N)=C\c2cccc(OC)c2OCc2ccc(C(=O)O)cc2)cc1. The number of carboxylic acids is 1. The van der Waals surface area contributed by atoms with Crippen LogP contribution in [0.25, 0.3) is 6.08 Å². The number of carbonyl (C=O) groups excluding carboxylic acids is 1. The zero-order valence-electron chi connectivity index (χ0n) is 19.3. The van der Waals surface area contributed by atoms with Crippen molar-refractivity contribution >= 4 is 23.6 Å². The molecule has 3 aromatic carbocycles. The molecule has 0 radical (unpaired) electrons. The number of methoxy groups -OCH3 is 1. The van der Waals surface area contributed by atoms with Crippen LogP contribution in [-0.4, -0.2) is 30.7 Å². The summed E-state index contributed by atoms with van der Waals surface area (Å²) in [5.41, 5.74) is 1.79. The van der Waals surface area contributed by atoms with Crippen molar-refractivity contribution in [1.82, 2.24) is 0 Å².